The summed E-state index contributed by atoms with van der Waals surface area (Å²) in [7, 11) is 0. The van der Waals surface area contributed by atoms with Crippen molar-refractivity contribution in [3.05, 3.63) is 0 Å². The van der Waals surface area contributed by atoms with E-state index in [4.69, 9.17) is 0 Å². The number of rotatable bonds is 6. The van der Waals surface area contributed by atoms with Gasteiger partial charge in [-0.1, -0.05) is 0 Å². The second kappa shape index (κ2) is 6.53. The van der Waals surface area contributed by atoms with E-state index in [-0.39, 0.29) is 6.42 Å². The minimum absolute atomic E-state index is 0.135. The van der Waals surface area contributed by atoms with Crippen molar-refractivity contribution < 1.29 is 66.6 Å². The molecule has 0 spiro atoms. The lowest BCUT2D eigenvalue weighted by Gasteiger charge is -2.40. The van der Waals surface area contributed by atoms with Crippen LogP contribution in [0.15, 0.2) is 0 Å². The molecular weight excluding hydrogens is 447 g/mol. The molecule has 2 bridgehead atoms. The van der Waals surface area contributed by atoms with Gasteiger partial charge in [0.05, 0.1) is 12.5 Å². The summed E-state index contributed by atoms with van der Waals surface area (Å²) in [6.07, 6.45) is -10.4. The first kappa shape index (κ1) is 23.8. The Morgan fingerprint density at radius 3 is 1.66 bits per heavy atom. The lowest BCUT2D eigenvalue weighted by molar-refractivity contribution is -0.440. The van der Waals surface area contributed by atoms with Crippen molar-refractivity contribution in [1.82, 2.24) is 0 Å². The smallest absolute Gasteiger partial charge is 0.460 e. The van der Waals surface area contributed by atoms with Crippen molar-refractivity contribution >= 4 is 5.97 Å². The molecule has 1 saturated heterocycles. The molecule has 1 aliphatic carbocycles. The molecule has 2 aliphatic rings. The fourth-order valence-corrected chi connectivity index (χ4v) is 3.43. The van der Waals surface area contributed by atoms with Gasteiger partial charge in [-0.2, -0.15) is 57.1 Å². The molecule has 0 radical (unpaired) electrons. The van der Waals surface area contributed by atoms with Crippen LogP contribution < -0.4 is 0 Å². The number of halogens is 13. The Morgan fingerprint density at radius 2 is 1.21 bits per heavy atom. The monoisotopic (exact) mass is 458 g/mol. The highest BCUT2D eigenvalue weighted by Gasteiger charge is 2.90. The third-order valence-electron chi connectivity index (χ3n) is 5.13. The predicted octanol–water partition coefficient (Wildman–Crippen LogP) is 5.31. The summed E-state index contributed by atoms with van der Waals surface area (Å²) in [5, 5.41) is 0. The summed E-state index contributed by atoms with van der Waals surface area (Å²) in [6.45, 7) is -0.541. The molecule has 2 fully saturated rings. The predicted molar refractivity (Wildman–Crippen MR) is 66.1 cm³/mol. The second-order valence-electron chi connectivity index (χ2n) is 7.02. The quantitative estimate of drug-likeness (QED) is 0.398. The van der Waals surface area contributed by atoms with Gasteiger partial charge in [0.15, 0.2) is 0 Å². The van der Waals surface area contributed by atoms with Gasteiger partial charge in [-0.25, -0.2) is 0 Å². The van der Waals surface area contributed by atoms with Crippen molar-refractivity contribution in [1.29, 1.82) is 0 Å². The van der Waals surface area contributed by atoms with E-state index in [1.54, 1.807) is 0 Å². The lowest BCUT2D eigenvalue weighted by Crippen LogP contribution is -2.70. The van der Waals surface area contributed by atoms with Crippen molar-refractivity contribution in [2.75, 3.05) is 6.61 Å². The zero-order valence-electron chi connectivity index (χ0n) is 13.8. The maximum atomic E-state index is 13.9. The fourth-order valence-electron chi connectivity index (χ4n) is 3.43. The van der Waals surface area contributed by atoms with E-state index in [1.807, 2.05) is 0 Å². The van der Waals surface area contributed by atoms with E-state index in [1.165, 1.54) is 0 Å². The van der Waals surface area contributed by atoms with Gasteiger partial charge in [0.25, 0.3) is 0 Å². The molecule has 2 rings (SSSR count). The Hall–Kier alpha value is -1.44. The third kappa shape index (κ3) is 3.31. The first-order valence-corrected chi connectivity index (χ1v) is 7.83. The van der Waals surface area contributed by atoms with Gasteiger partial charge in [-0.05, 0) is 24.7 Å². The van der Waals surface area contributed by atoms with E-state index < -0.39 is 79.0 Å². The molecule has 1 heterocycles. The highest BCUT2D eigenvalue weighted by Crippen LogP contribution is 2.61. The molecule has 0 unspecified atom stereocenters. The van der Waals surface area contributed by atoms with Crippen LogP contribution in [0.4, 0.5) is 57.1 Å². The summed E-state index contributed by atoms with van der Waals surface area (Å²) in [6, 6.07) is 0. The molecule has 29 heavy (non-hydrogen) atoms. The van der Waals surface area contributed by atoms with Crippen molar-refractivity contribution in [3.63, 3.8) is 0 Å². The summed E-state index contributed by atoms with van der Waals surface area (Å²) in [4.78, 5) is 11.3. The van der Waals surface area contributed by atoms with Crippen LogP contribution in [0.5, 0.6) is 0 Å². The zero-order chi connectivity index (χ0) is 22.8. The fraction of sp³-hybridized carbons (Fsp3) is 0.929. The Balaban J connectivity index is 2.34. The molecule has 3 atom stereocenters. The van der Waals surface area contributed by atoms with E-state index in [2.05, 4.69) is 4.74 Å². The van der Waals surface area contributed by atoms with E-state index in [0.29, 0.717) is 0 Å². The van der Waals surface area contributed by atoms with Crippen LogP contribution in [-0.4, -0.2) is 48.4 Å². The minimum Gasteiger partial charge on any atom is -0.465 e. The normalized spacial score (nSPS) is 27.2. The number of fused-ring (bicyclic) bond motifs is 2. The van der Waals surface area contributed by atoms with Crippen LogP contribution in [0.2, 0.25) is 0 Å². The molecule has 1 aliphatic heterocycles. The first-order valence-electron chi connectivity index (χ1n) is 7.83. The molecule has 0 aromatic heterocycles. The third-order valence-corrected chi connectivity index (χ3v) is 5.13. The Morgan fingerprint density at radius 1 is 0.724 bits per heavy atom. The SMILES string of the molecule is O=C1OC[C@@H]2C[C@H]1C[C@H]2CC(F)(F)C(F)(F)C(F)(F)C(F)(F)C(F)(F)C(F)(F)F. The topological polar surface area (TPSA) is 26.3 Å². The first-order chi connectivity index (χ1) is 12.7. The number of ether oxygens (including phenoxy) is 1. The second-order valence-corrected chi connectivity index (χ2v) is 7.02. The molecule has 0 aromatic rings. The molecule has 0 N–H and O–H groups in total. The summed E-state index contributed by atoms with van der Waals surface area (Å²) in [5.41, 5.74) is 0. The Labute approximate surface area is 153 Å². The summed E-state index contributed by atoms with van der Waals surface area (Å²) in [5.74, 6) is -41.3. The van der Waals surface area contributed by atoms with Crippen molar-refractivity contribution in [2.24, 2.45) is 17.8 Å². The summed E-state index contributed by atoms with van der Waals surface area (Å²) >= 11 is 0. The summed E-state index contributed by atoms with van der Waals surface area (Å²) < 4.78 is 175. The van der Waals surface area contributed by atoms with Crippen LogP contribution >= 0.6 is 0 Å². The Bertz CT molecular complexity index is 654. The molecule has 0 amide bonds. The van der Waals surface area contributed by atoms with E-state index in [0.717, 1.165) is 0 Å². The number of cyclic esters (lactones) is 1. The van der Waals surface area contributed by atoms with Crippen LogP contribution in [0.1, 0.15) is 19.3 Å². The van der Waals surface area contributed by atoms with Crippen molar-refractivity contribution in [3.8, 4) is 0 Å². The van der Waals surface area contributed by atoms with Gasteiger partial charge in [0.1, 0.15) is 0 Å². The average Bonchev–Trinajstić information content (AvgIpc) is 2.86. The number of alkyl halides is 13. The van der Waals surface area contributed by atoms with Crippen molar-refractivity contribution in [2.45, 2.75) is 55.1 Å². The van der Waals surface area contributed by atoms with Gasteiger partial charge in [-0.3, -0.25) is 4.79 Å². The molecule has 15 heteroatoms. The van der Waals surface area contributed by atoms with Crippen LogP contribution in [0.3, 0.4) is 0 Å². The maximum absolute atomic E-state index is 13.9. The average molecular weight is 458 g/mol. The largest absolute Gasteiger partial charge is 0.465 e. The van der Waals surface area contributed by atoms with E-state index >= 15 is 0 Å². The standard InChI is InChI=1S/C14H11F13O2/c15-9(16,3-6-1-5-2-7(6)4-29-8(5)28)10(17,18)11(19,20)12(21,22)13(23,24)14(25,26)27/h5-7H,1-4H2/t5-,6+,7+/m1/s1. The molecular formula is C14H11F13O2. The molecule has 2 nitrogen and oxygen atoms in total. The van der Waals surface area contributed by atoms with Gasteiger partial charge in [0.2, 0.25) is 0 Å². The minimum atomic E-state index is -7.89. The number of carbonyl (C=O) groups excluding carboxylic acids is 1. The molecule has 0 aromatic carbocycles. The lowest BCUT2D eigenvalue weighted by atomic mass is 9.85. The Kier molecular flexibility index (Phi) is 5.36. The van der Waals surface area contributed by atoms with Crippen LogP contribution in [0.25, 0.3) is 0 Å². The van der Waals surface area contributed by atoms with Gasteiger partial charge in [-0.15, -0.1) is 0 Å². The molecule has 170 valence electrons. The van der Waals surface area contributed by atoms with Gasteiger partial charge < -0.3 is 4.74 Å². The van der Waals surface area contributed by atoms with Crippen LogP contribution in [-0.2, 0) is 9.53 Å². The number of hydrogen-bond donors (Lipinski definition) is 0. The highest BCUT2D eigenvalue weighted by molar-refractivity contribution is 5.73. The van der Waals surface area contributed by atoms with Gasteiger partial charge >= 0.3 is 41.8 Å². The number of esters is 1. The van der Waals surface area contributed by atoms with E-state index in [9.17, 15) is 61.9 Å². The van der Waals surface area contributed by atoms with Crippen LogP contribution in [0, 0.1) is 17.8 Å². The zero-order valence-corrected chi connectivity index (χ0v) is 13.8. The number of hydrogen-bond acceptors (Lipinski definition) is 2. The maximum Gasteiger partial charge on any atom is 0.460 e. The highest BCUT2D eigenvalue weighted by atomic mass is 19.4. The van der Waals surface area contributed by atoms with Gasteiger partial charge in [0, 0.05) is 6.42 Å². The number of carbonyl (C=O) groups is 1. The molecule has 1 saturated carbocycles.